The minimum absolute atomic E-state index is 0.214. The van der Waals surface area contributed by atoms with Crippen LogP contribution in [0.15, 0.2) is 23.7 Å². The monoisotopic (exact) mass is 261 g/mol. The Morgan fingerprint density at radius 2 is 2.33 bits per heavy atom. The highest BCUT2D eigenvalue weighted by atomic mass is 32.1. The highest BCUT2D eigenvalue weighted by Crippen LogP contribution is 2.41. The predicted molar refractivity (Wildman–Crippen MR) is 68.6 cm³/mol. The summed E-state index contributed by atoms with van der Waals surface area (Å²) in [6.45, 7) is 0. The Labute approximate surface area is 108 Å². The SMILES string of the molecule is O=C(O)c1ccnc(Nc2nc(C3CC3)cs2)c1. The lowest BCUT2D eigenvalue weighted by atomic mass is 10.3. The van der Waals surface area contributed by atoms with Crippen LogP contribution in [0.5, 0.6) is 0 Å². The molecule has 1 aliphatic rings. The number of aromatic carboxylic acids is 1. The lowest BCUT2D eigenvalue weighted by molar-refractivity contribution is 0.0697. The number of carboxylic acid groups (broad SMARTS) is 1. The minimum Gasteiger partial charge on any atom is -0.478 e. The number of hydrogen-bond donors (Lipinski definition) is 2. The molecule has 0 unspecified atom stereocenters. The first-order valence-corrected chi connectivity index (χ1v) is 6.52. The zero-order valence-electron chi connectivity index (χ0n) is 9.46. The van der Waals surface area contributed by atoms with Crippen molar-refractivity contribution in [2.45, 2.75) is 18.8 Å². The van der Waals surface area contributed by atoms with Crippen LogP contribution in [0, 0.1) is 0 Å². The zero-order chi connectivity index (χ0) is 12.5. The van der Waals surface area contributed by atoms with Gasteiger partial charge in [0.25, 0.3) is 0 Å². The molecule has 0 radical (unpaired) electrons. The first kappa shape index (κ1) is 11.2. The molecule has 0 saturated heterocycles. The molecule has 1 aliphatic carbocycles. The van der Waals surface area contributed by atoms with Gasteiger partial charge in [-0.3, -0.25) is 0 Å². The second-order valence-electron chi connectivity index (χ2n) is 4.21. The standard InChI is InChI=1S/C12H11N3O2S/c16-11(17)8-3-4-13-10(5-8)15-12-14-9(6-18-12)7-1-2-7/h3-7H,1-2H2,(H,16,17)(H,13,14,15). The van der Waals surface area contributed by atoms with E-state index in [1.165, 1.54) is 42.5 Å². The summed E-state index contributed by atoms with van der Waals surface area (Å²) in [5.74, 6) is 0.167. The number of aromatic nitrogens is 2. The van der Waals surface area contributed by atoms with Crippen LogP contribution in [-0.2, 0) is 0 Å². The van der Waals surface area contributed by atoms with Crippen LogP contribution in [0.1, 0.15) is 34.8 Å². The molecule has 0 aliphatic heterocycles. The highest BCUT2D eigenvalue weighted by Gasteiger charge is 2.26. The first-order valence-electron chi connectivity index (χ1n) is 5.64. The number of anilines is 2. The van der Waals surface area contributed by atoms with Crippen LogP contribution in [-0.4, -0.2) is 21.0 Å². The summed E-state index contributed by atoms with van der Waals surface area (Å²) in [4.78, 5) is 19.4. The fraction of sp³-hybridized carbons (Fsp3) is 0.250. The van der Waals surface area contributed by atoms with E-state index in [0.29, 0.717) is 11.7 Å². The Balaban J connectivity index is 1.78. The number of carbonyl (C=O) groups is 1. The molecular weight excluding hydrogens is 250 g/mol. The van der Waals surface area contributed by atoms with Crippen molar-refractivity contribution in [1.82, 2.24) is 9.97 Å². The van der Waals surface area contributed by atoms with Gasteiger partial charge in [-0.1, -0.05) is 0 Å². The number of carboxylic acids is 1. The summed E-state index contributed by atoms with van der Waals surface area (Å²) in [7, 11) is 0. The molecule has 2 N–H and O–H groups in total. The van der Waals surface area contributed by atoms with Gasteiger partial charge in [-0.2, -0.15) is 0 Å². The van der Waals surface area contributed by atoms with Crippen molar-refractivity contribution in [1.29, 1.82) is 0 Å². The summed E-state index contributed by atoms with van der Waals surface area (Å²) >= 11 is 1.52. The second-order valence-corrected chi connectivity index (χ2v) is 5.07. The Morgan fingerprint density at radius 3 is 3.06 bits per heavy atom. The highest BCUT2D eigenvalue weighted by molar-refractivity contribution is 7.13. The average Bonchev–Trinajstić information content (AvgIpc) is 3.11. The fourth-order valence-electron chi connectivity index (χ4n) is 1.65. The molecule has 2 aromatic heterocycles. The largest absolute Gasteiger partial charge is 0.478 e. The topological polar surface area (TPSA) is 75.1 Å². The summed E-state index contributed by atoms with van der Waals surface area (Å²) < 4.78 is 0. The Kier molecular flexibility index (Phi) is 2.71. The van der Waals surface area contributed by atoms with Crippen LogP contribution in [0.4, 0.5) is 10.9 Å². The maximum Gasteiger partial charge on any atom is 0.335 e. The Bertz CT molecular complexity index is 593. The summed E-state index contributed by atoms with van der Waals surface area (Å²) in [6.07, 6.45) is 3.91. The van der Waals surface area contributed by atoms with Crippen LogP contribution in [0.2, 0.25) is 0 Å². The van der Waals surface area contributed by atoms with Gasteiger partial charge in [-0.05, 0) is 25.0 Å². The van der Waals surface area contributed by atoms with Crippen molar-refractivity contribution in [2.24, 2.45) is 0 Å². The third kappa shape index (κ3) is 2.33. The molecule has 0 aromatic carbocycles. The smallest absolute Gasteiger partial charge is 0.335 e. The number of hydrogen-bond acceptors (Lipinski definition) is 5. The molecule has 1 fully saturated rings. The molecule has 1 saturated carbocycles. The first-order chi connectivity index (χ1) is 8.72. The van der Waals surface area contributed by atoms with Gasteiger partial charge in [0.1, 0.15) is 5.82 Å². The van der Waals surface area contributed by atoms with Gasteiger partial charge in [0, 0.05) is 17.5 Å². The Morgan fingerprint density at radius 1 is 1.50 bits per heavy atom. The van der Waals surface area contributed by atoms with E-state index in [0.717, 1.165) is 10.8 Å². The van der Waals surface area contributed by atoms with E-state index in [-0.39, 0.29) is 5.56 Å². The molecule has 0 atom stereocenters. The zero-order valence-corrected chi connectivity index (χ0v) is 10.3. The van der Waals surface area contributed by atoms with E-state index in [9.17, 15) is 4.79 Å². The van der Waals surface area contributed by atoms with Crippen LogP contribution >= 0.6 is 11.3 Å². The second kappa shape index (κ2) is 4.38. The van der Waals surface area contributed by atoms with Crippen molar-refractivity contribution >= 4 is 28.3 Å². The van der Waals surface area contributed by atoms with Gasteiger partial charge in [0.15, 0.2) is 5.13 Å². The van der Waals surface area contributed by atoms with E-state index >= 15 is 0 Å². The van der Waals surface area contributed by atoms with Crippen molar-refractivity contribution in [3.8, 4) is 0 Å². The van der Waals surface area contributed by atoms with Crippen molar-refractivity contribution in [3.63, 3.8) is 0 Å². The molecule has 0 amide bonds. The van der Waals surface area contributed by atoms with Gasteiger partial charge in [-0.25, -0.2) is 14.8 Å². The van der Waals surface area contributed by atoms with Gasteiger partial charge in [0.05, 0.1) is 11.3 Å². The minimum atomic E-state index is -0.960. The number of pyridine rings is 1. The molecule has 0 bridgehead atoms. The third-order valence-corrected chi connectivity index (χ3v) is 3.54. The average molecular weight is 261 g/mol. The fourth-order valence-corrected chi connectivity index (χ4v) is 2.45. The van der Waals surface area contributed by atoms with Gasteiger partial charge < -0.3 is 10.4 Å². The molecule has 2 heterocycles. The van der Waals surface area contributed by atoms with E-state index in [2.05, 4.69) is 15.3 Å². The predicted octanol–water partition coefficient (Wildman–Crippen LogP) is 2.86. The number of rotatable bonds is 4. The molecule has 6 heteroatoms. The van der Waals surface area contributed by atoms with Crippen molar-refractivity contribution in [3.05, 3.63) is 35.0 Å². The summed E-state index contributed by atoms with van der Waals surface area (Å²) in [5.41, 5.74) is 1.34. The number of nitrogens with one attached hydrogen (secondary N) is 1. The van der Waals surface area contributed by atoms with E-state index in [1.807, 2.05) is 5.38 Å². The van der Waals surface area contributed by atoms with E-state index in [1.54, 1.807) is 0 Å². The molecule has 18 heavy (non-hydrogen) atoms. The maximum absolute atomic E-state index is 10.8. The third-order valence-electron chi connectivity index (χ3n) is 2.76. The summed E-state index contributed by atoms with van der Waals surface area (Å²) in [6, 6.07) is 2.96. The quantitative estimate of drug-likeness (QED) is 0.885. The number of thiazole rings is 1. The van der Waals surface area contributed by atoms with E-state index in [4.69, 9.17) is 5.11 Å². The maximum atomic E-state index is 10.8. The lowest BCUT2D eigenvalue weighted by Crippen LogP contribution is -1.99. The van der Waals surface area contributed by atoms with Gasteiger partial charge in [-0.15, -0.1) is 11.3 Å². The van der Waals surface area contributed by atoms with E-state index < -0.39 is 5.97 Å². The van der Waals surface area contributed by atoms with Crippen LogP contribution < -0.4 is 5.32 Å². The molecule has 3 rings (SSSR count). The van der Waals surface area contributed by atoms with Gasteiger partial charge >= 0.3 is 5.97 Å². The Hall–Kier alpha value is -1.95. The van der Waals surface area contributed by atoms with Crippen LogP contribution in [0.25, 0.3) is 0 Å². The van der Waals surface area contributed by atoms with Gasteiger partial charge in [0.2, 0.25) is 0 Å². The van der Waals surface area contributed by atoms with Crippen LogP contribution in [0.3, 0.4) is 0 Å². The van der Waals surface area contributed by atoms with Crippen molar-refractivity contribution < 1.29 is 9.90 Å². The molecule has 0 spiro atoms. The molecule has 2 aromatic rings. The molecule has 5 nitrogen and oxygen atoms in total. The molecular formula is C12H11N3O2S. The lowest BCUT2D eigenvalue weighted by Gasteiger charge is -2.02. The molecule has 92 valence electrons. The number of nitrogens with zero attached hydrogens (tertiary/aromatic N) is 2. The summed E-state index contributed by atoms with van der Waals surface area (Å²) in [5, 5.41) is 14.7. The van der Waals surface area contributed by atoms with Crippen molar-refractivity contribution in [2.75, 3.05) is 5.32 Å². The normalized spacial score (nSPS) is 14.4.